The van der Waals surface area contributed by atoms with Gasteiger partial charge in [0, 0.05) is 17.1 Å². The van der Waals surface area contributed by atoms with Crippen LogP contribution in [0.5, 0.6) is 0 Å². The van der Waals surface area contributed by atoms with Crippen molar-refractivity contribution in [2.75, 3.05) is 7.05 Å². The Morgan fingerprint density at radius 2 is 1.80 bits per heavy atom. The zero-order chi connectivity index (χ0) is 11.6. The van der Waals surface area contributed by atoms with Gasteiger partial charge in [0.2, 0.25) is 0 Å². The van der Waals surface area contributed by atoms with E-state index in [1.54, 1.807) is 7.05 Å². The summed E-state index contributed by atoms with van der Waals surface area (Å²) in [6.45, 7) is 4.03. The molecule has 1 aromatic rings. The van der Waals surface area contributed by atoms with E-state index in [2.05, 4.69) is 21.0 Å². The second kappa shape index (κ2) is 4.63. The van der Waals surface area contributed by atoms with Gasteiger partial charge in [0.05, 0.1) is 0 Å². The lowest BCUT2D eigenvalue weighted by atomic mass is 10.1. The van der Waals surface area contributed by atoms with Gasteiger partial charge in [0.1, 0.15) is 0 Å². The van der Waals surface area contributed by atoms with E-state index < -0.39 is 0 Å². The predicted molar refractivity (Wildman–Crippen MR) is 66.3 cm³/mol. The topological polar surface area (TPSA) is 67.6 Å². The summed E-state index contributed by atoms with van der Waals surface area (Å²) in [6.07, 6.45) is 0. The standard InChI is InChI=1S/C10H15BrN4/c1-6-4-8(5-7(2)9(6)11)10(12)14-15(3)13/h4-5H,13H2,1-3H3,(H2,12,14). The average Bonchev–Trinajstić information content (AvgIpc) is 2.12. The maximum absolute atomic E-state index is 5.80. The average molecular weight is 271 g/mol. The largest absolute Gasteiger partial charge is 0.382 e. The minimum Gasteiger partial charge on any atom is -0.382 e. The molecule has 0 aliphatic heterocycles. The fourth-order valence-corrected chi connectivity index (χ4v) is 1.55. The molecule has 15 heavy (non-hydrogen) atoms. The van der Waals surface area contributed by atoms with Crippen LogP contribution in [0.4, 0.5) is 0 Å². The Balaban J connectivity index is 3.17. The van der Waals surface area contributed by atoms with Gasteiger partial charge in [-0.3, -0.25) is 0 Å². The number of amidine groups is 1. The molecule has 0 saturated heterocycles. The molecule has 4 nitrogen and oxygen atoms in total. The molecule has 0 unspecified atom stereocenters. The van der Waals surface area contributed by atoms with E-state index in [-0.39, 0.29) is 0 Å². The van der Waals surface area contributed by atoms with Crippen molar-refractivity contribution in [3.63, 3.8) is 0 Å². The van der Waals surface area contributed by atoms with Crippen molar-refractivity contribution >= 4 is 21.8 Å². The zero-order valence-corrected chi connectivity index (χ0v) is 10.7. The third-order valence-electron chi connectivity index (χ3n) is 2.00. The molecule has 0 aliphatic rings. The molecule has 0 heterocycles. The molecule has 0 atom stereocenters. The summed E-state index contributed by atoms with van der Waals surface area (Å²) >= 11 is 3.50. The number of hydrazone groups is 1. The molecule has 0 spiro atoms. The summed E-state index contributed by atoms with van der Waals surface area (Å²) in [4.78, 5) is 0. The third-order valence-corrected chi connectivity index (χ3v) is 3.25. The lowest BCUT2D eigenvalue weighted by molar-refractivity contribution is 0.371. The number of benzene rings is 1. The fourth-order valence-electron chi connectivity index (χ4n) is 1.32. The van der Waals surface area contributed by atoms with Gasteiger partial charge in [-0.1, -0.05) is 15.9 Å². The number of aryl methyl sites for hydroxylation is 2. The summed E-state index contributed by atoms with van der Waals surface area (Å²) in [5.41, 5.74) is 8.93. The van der Waals surface area contributed by atoms with Crippen LogP contribution in [0.15, 0.2) is 21.7 Å². The molecule has 1 rings (SSSR count). The monoisotopic (exact) mass is 270 g/mol. The fraction of sp³-hybridized carbons (Fsp3) is 0.300. The Labute approximate surface area is 98.0 Å². The molecule has 0 aliphatic carbocycles. The van der Waals surface area contributed by atoms with Gasteiger partial charge >= 0.3 is 0 Å². The third kappa shape index (κ3) is 2.94. The first-order valence-electron chi connectivity index (χ1n) is 4.51. The maximum Gasteiger partial charge on any atom is 0.152 e. The van der Waals surface area contributed by atoms with E-state index in [0.29, 0.717) is 5.84 Å². The normalized spacial score (nSPS) is 11.7. The first kappa shape index (κ1) is 12.0. The molecule has 0 fully saturated rings. The van der Waals surface area contributed by atoms with Crippen LogP contribution < -0.4 is 11.6 Å². The minimum absolute atomic E-state index is 0.415. The van der Waals surface area contributed by atoms with Gasteiger partial charge in [0.15, 0.2) is 5.84 Å². The highest BCUT2D eigenvalue weighted by atomic mass is 79.9. The van der Waals surface area contributed by atoms with E-state index in [1.807, 2.05) is 26.0 Å². The van der Waals surface area contributed by atoms with Crippen LogP contribution in [-0.4, -0.2) is 18.0 Å². The van der Waals surface area contributed by atoms with Crippen LogP contribution in [-0.2, 0) is 0 Å². The second-order valence-electron chi connectivity index (χ2n) is 3.48. The number of nitrogens with zero attached hydrogens (tertiary/aromatic N) is 2. The zero-order valence-electron chi connectivity index (χ0n) is 9.08. The van der Waals surface area contributed by atoms with Crippen LogP contribution in [0.2, 0.25) is 0 Å². The van der Waals surface area contributed by atoms with Crippen molar-refractivity contribution in [2.45, 2.75) is 13.8 Å². The number of nitrogens with two attached hydrogens (primary N) is 2. The maximum atomic E-state index is 5.80. The number of hydrazine groups is 1. The van der Waals surface area contributed by atoms with E-state index in [1.165, 1.54) is 5.12 Å². The van der Waals surface area contributed by atoms with Gasteiger partial charge in [-0.05, 0) is 37.1 Å². The van der Waals surface area contributed by atoms with E-state index in [0.717, 1.165) is 21.2 Å². The van der Waals surface area contributed by atoms with Crippen molar-refractivity contribution in [3.8, 4) is 0 Å². The Hall–Kier alpha value is -1.07. The lowest BCUT2D eigenvalue weighted by Crippen LogP contribution is -2.25. The van der Waals surface area contributed by atoms with Crippen molar-refractivity contribution < 1.29 is 0 Å². The van der Waals surface area contributed by atoms with Gasteiger partial charge < -0.3 is 5.73 Å². The molecule has 1 aromatic carbocycles. The molecule has 5 heteroatoms. The van der Waals surface area contributed by atoms with Crippen LogP contribution in [0.25, 0.3) is 0 Å². The van der Waals surface area contributed by atoms with Crippen molar-refractivity contribution in [1.29, 1.82) is 0 Å². The summed E-state index contributed by atoms with van der Waals surface area (Å²) in [7, 11) is 1.63. The summed E-state index contributed by atoms with van der Waals surface area (Å²) in [6, 6.07) is 3.94. The number of halogens is 1. The van der Waals surface area contributed by atoms with Crippen molar-refractivity contribution in [1.82, 2.24) is 5.12 Å². The molecule has 0 radical (unpaired) electrons. The van der Waals surface area contributed by atoms with Gasteiger partial charge in [-0.25, -0.2) is 11.0 Å². The van der Waals surface area contributed by atoms with Gasteiger partial charge in [-0.2, -0.15) is 0 Å². The minimum atomic E-state index is 0.415. The molecule has 0 saturated carbocycles. The summed E-state index contributed by atoms with van der Waals surface area (Å²) < 4.78 is 1.10. The summed E-state index contributed by atoms with van der Waals surface area (Å²) in [5, 5.41) is 5.15. The van der Waals surface area contributed by atoms with E-state index in [4.69, 9.17) is 11.6 Å². The van der Waals surface area contributed by atoms with Crippen molar-refractivity contribution in [3.05, 3.63) is 33.3 Å². The van der Waals surface area contributed by atoms with E-state index in [9.17, 15) is 0 Å². The lowest BCUT2D eigenvalue weighted by Gasteiger charge is -2.09. The molecule has 4 N–H and O–H groups in total. The highest BCUT2D eigenvalue weighted by Crippen LogP contribution is 2.22. The van der Waals surface area contributed by atoms with E-state index >= 15 is 0 Å². The van der Waals surface area contributed by atoms with Crippen LogP contribution in [0.3, 0.4) is 0 Å². The predicted octanol–water partition coefficient (Wildman–Crippen LogP) is 1.49. The van der Waals surface area contributed by atoms with Crippen LogP contribution in [0.1, 0.15) is 16.7 Å². The molecular weight excluding hydrogens is 256 g/mol. The first-order valence-corrected chi connectivity index (χ1v) is 5.30. The highest BCUT2D eigenvalue weighted by molar-refractivity contribution is 9.10. The molecule has 0 bridgehead atoms. The van der Waals surface area contributed by atoms with Gasteiger partial charge in [-0.15, -0.1) is 5.10 Å². The first-order chi connectivity index (χ1) is 6.91. The Bertz CT molecular complexity index is 375. The SMILES string of the molecule is Cc1cc(/C(N)=N/N(C)N)cc(C)c1Br. The smallest absolute Gasteiger partial charge is 0.152 e. The van der Waals surface area contributed by atoms with Crippen LogP contribution in [0, 0.1) is 13.8 Å². The van der Waals surface area contributed by atoms with Crippen molar-refractivity contribution in [2.24, 2.45) is 16.7 Å². The Morgan fingerprint density at radius 1 is 1.33 bits per heavy atom. The number of hydrogen-bond acceptors (Lipinski definition) is 3. The molecule has 82 valence electrons. The van der Waals surface area contributed by atoms with Gasteiger partial charge in [0.25, 0.3) is 0 Å². The number of rotatable bonds is 2. The Kier molecular flexibility index (Phi) is 3.71. The number of hydrogen-bond donors (Lipinski definition) is 2. The molecule has 0 aromatic heterocycles. The quantitative estimate of drug-likeness (QED) is 0.370. The summed E-state index contributed by atoms with van der Waals surface area (Å²) in [5.74, 6) is 5.81. The molecular formula is C10H15BrN4. The van der Waals surface area contributed by atoms with Crippen LogP contribution >= 0.6 is 15.9 Å². The Morgan fingerprint density at radius 3 is 2.20 bits per heavy atom. The molecule has 0 amide bonds. The highest BCUT2D eigenvalue weighted by Gasteiger charge is 2.05. The second-order valence-corrected chi connectivity index (χ2v) is 4.28.